The zero-order chi connectivity index (χ0) is 15.2. The van der Waals surface area contributed by atoms with Crippen molar-refractivity contribution < 1.29 is 4.74 Å². The van der Waals surface area contributed by atoms with Gasteiger partial charge in [0.25, 0.3) is 0 Å². The van der Waals surface area contributed by atoms with Gasteiger partial charge in [0, 0.05) is 18.1 Å². The molecule has 2 aliphatic heterocycles. The number of fused-ring (bicyclic) bond motifs is 3. The van der Waals surface area contributed by atoms with E-state index in [-0.39, 0.29) is 10.9 Å². The molecule has 1 nitrogen and oxygen atoms in total. The Morgan fingerprint density at radius 1 is 0.826 bits per heavy atom. The lowest BCUT2D eigenvalue weighted by molar-refractivity contribution is 0.356. The molecule has 0 unspecified atom stereocenters. The van der Waals surface area contributed by atoms with Gasteiger partial charge in [0.2, 0.25) is 0 Å². The highest BCUT2D eigenvalue weighted by Crippen LogP contribution is 2.48. The third-order valence-electron chi connectivity index (χ3n) is 4.25. The molecule has 3 heteroatoms. The smallest absolute Gasteiger partial charge is 0.180 e. The highest BCUT2D eigenvalue weighted by Gasteiger charge is 2.38. The van der Waals surface area contributed by atoms with Gasteiger partial charge in [-0.3, -0.25) is 0 Å². The van der Waals surface area contributed by atoms with Crippen molar-refractivity contribution >= 4 is 22.7 Å². The summed E-state index contributed by atoms with van der Waals surface area (Å²) in [5, 5.41) is 0. The van der Waals surface area contributed by atoms with Gasteiger partial charge < -0.3 is 4.74 Å². The topological polar surface area (TPSA) is 9.23 Å². The predicted octanol–water partition coefficient (Wildman–Crippen LogP) is 5.18. The summed E-state index contributed by atoms with van der Waals surface area (Å²) in [6.45, 7) is 0.815. The van der Waals surface area contributed by atoms with Crippen LogP contribution in [0.1, 0.15) is 5.56 Å². The van der Waals surface area contributed by atoms with Crippen molar-refractivity contribution in [1.82, 2.24) is 0 Å². The Labute approximate surface area is 143 Å². The number of hydrogen-bond acceptors (Lipinski definition) is 2. The molecule has 112 valence electrons. The molecule has 23 heavy (non-hydrogen) atoms. The molecule has 3 aromatic rings. The third-order valence-corrected chi connectivity index (χ3v) is 7.98. The first kappa shape index (κ1) is 13.6. The van der Waals surface area contributed by atoms with Gasteiger partial charge in [-0.15, -0.1) is 0 Å². The third kappa shape index (κ3) is 2.19. The standard InChI is InChI=1S/C20H15OS2/c1-3-7-19-17(5-1)22-18-6-2-4-8-20(18)23(19)15-9-10-16-14(13-15)11-12-21-16/h1-10,13H,11-12H2/q+1. The summed E-state index contributed by atoms with van der Waals surface area (Å²) in [6.07, 6.45) is 1.03. The summed E-state index contributed by atoms with van der Waals surface area (Å²) in [6, 6.07) is 24.4. The van der Waals surface area contributed by atoms with E-state index >= 15 is 0 Å². The Morgan fingerprint density at radius 2 is 1.52 bits per heavy atom. The van der Waals surface area contributed by atoms with Crippen LogP contribution in [0.4, 0.5) is 0 Å². The molecule has 0 amide bonds. The van der Waals surface area contributed by atoms with Crippen molar-refractivity contribution in [2.24, 2.45) is 0 Å². The molecule has 5 rings (SSSR count). The minimum absolute atomic E-state index is 0.0267. The van der Waals surface area contributed by atoms with Gasteiger partial charge in [-0.05, 0) is 36.4 Å². The summed E-state index contributed by atoms with van der Waals surface area (Å²) in [4.78, 5) is 7.04. The zero-order valence-electron chi connectivity index (χ0n) is 12.5. The molecule has 0 aliphatic carbocycles. The van der Waals surface area contributed by atoms with Gasteiger partial charge in [-0.25, -0.2) is 0 Å². The number of ether oxygens (including phenoxy) is 1. The summed E-state index contributed by atoms with van der Waals surface area (Å²) in [5.41, 5.74) is 1.35. The Hall–Kier alpha value is -1.84. The molecule has 0 radical (unpaired) electrons. The van der Waals surface area contributed by atoms with E-state index < -0.39 is 0 Å². The van der Waals surface area contributed by atoms with Gasteiger partial charge in [0.05, 0.1) is 16.4 Å². The first-order valence-electron chi connectivity index (χ1n) is 7.76. The van der Waals surface area contributed by atoms with E-state index in [1.807, 2.05) is 11.8 Å². The van der Waals surface area contributed by atoms with E-state index in [1.165, 1.54) is 30.0 Å². The highest BCUT2D eigenvalue weighted by molar-refractivity contribution is 8.04. The van der Waals surface area contributed by atoms with Crippen molar-refractivity contribution in [2.75, 3.05) is 6.61 Å². The van der Waals surface area contributed by atoms with E-state index in [1.54, 1.807) is 0 Å². The highest BCUT2D eigenvalue weighted by atomic mass is 32.2. The molecule has 0 aromatic heterocycles. The van der Waals surface area contributed by atoms with Crippen molar-refractivity contribution in [2.45, 2.75) is 30.9 Å². The van der Waals surface area contributed by atoms with E-state index in [4.69, 9.17) is 4.74 Å². The average molecular weight is 335 g/mol. The Morgan fingerprint density at radius 3 is 2.26 bits per heavy atom. The fraction of sp³-hybridized carbons (Fsp3) is 0.100. The molecule has 3 aromatic carbocycles. The Bertz CT molecular complexity index is 858. The van der Waals surface area contributed by atoms with E-state index in [0.717, 1.165) is 18.8 Å². The normalized spacial score (nSPS) is 15.5. The van der Waals surface area contributed by atoms with Crippen LogP contribution in [-0.2, 0) is 17.3 Å². The summed E-state index contributed by atoms with van der Waals surface area (Å²) < 4.78 is 5.68. The molecule has 0 spiro atoms. The maximum atomic E-state index is 5.68. The van der Waals surface area contributed by atoms with Crippen molar-refractivity contribution in [3.63, 3.8) is 0 Å². The minimum atomic E-state index is -0.0267. The summed E-state index contributed by atoms with van der Waals surface area (Å²) in [7, 11) is -0.0267. The van der Waals surface area contributed by atoms with Crippen LogP contribution in [0.15, 0.2) is 91.2 Å². The summed E-state index contributed by atoms with van der Waals surface area (Å²) >= 11 is 1.89. The number of rotatable bonds is 1. The maximum absolute atomic E-state index is 5.68. The molecule has 2 heterocycles. The fourth-order valence-electron chi connectivity index (χ4n) is 3.19. The van der Waals surface area contributed by atoms with Crippen LogP contribution in [0.5, 0.6) is 5.75 Å². The van der Waals surface area contributed by atoms with Crippen molar-refractivity contribution in [1.29, 1.82) is 0 Å². The lowest BCUT2D eigenvalue weighted by Gasteiger charge is -2.19. The largest absolute Gasteiger partial charge is 0.493 e. The molecule has 0 N–H and O–H groups in total. The van der Waals surface area contributed by atoms with Crippen LogP contribution in [0, 0.1) is 0 Å². The second-order valence-corrected chi connectivity index (χ2v) is 8.72. The van der Waals surface area contributed by atoms with Crippen LogP contribution in [0.25, 0.3) is 0 Å². The number of benzene rings is 3. The zero-order valence-corrected chi connectivity index (χ0v) is 14.1. The molecular formula is C20H15OS2+. The number of hydrogen-bond donors (Lipinski definition) is 0. The van der Waals surface area contributed by atoms with Crippen LogP contribution in [-0.4, -0.2) is 6.61 Å². The van der Waals surface area contributed by atoms with Gasteiger partial charge >= 0.3 is 0 Å². The van der Waals surface area contributed by atoms with E-state index in [2.05, 4.69) is 66.7 Å². The predicted molar refractivity (Wildman–Crippen MR) is 94.8 cm³/mol. The van der Waals surface area contributed by atoms with Gasteiger partial charge in [0.15, 0.2) is 14.7 Å². The maximum Gasteiger partial charge on any atom is 0.180 e. The molecule has 0 saturated carbocycles. The molecule has 0 atom stereocenters. The van der Waals surface area contributed by atoms with Crippen LogP contribution < -0.4 is 4.74 Å². The van der Waals surface area contributed by atoms with E-state index in [0.29, 0.717) is 0 Å². The van der Waals surface area contributed by atoms with Gasteiger partial charge in [-0.1, -0.05) is 36.0 Å². The second kappa shape index (κ2) is 5.36. The van der Waals surface area contributed by atoms with Crippen LogP contribution in [0.2, 0.25) is 0 Å². The van der Waals surface area contributed by atoms with Crippen LogP contribution >= 0.6 is 11.8 Å². The molecule has 2 aliphatic rings. The minimum Gasteiger partial charge on any atom is -0.493 e. The SMILES string of the molecule is c1ccc2c(c1)Sc1ccccc1[S+]2c1ccc2c(c1)CCO2. The monoisotopic (exact) mass is 335 g/mol. The average Bonchev–Trinajstić information content (AvgIpc) is 3.07. The second-order valence-electron chi connectivity index (χ2n) is 5.67. The summed E-state index contributed by atoms with van der Waals surface area (Å²) in [5.74, 6) is 1.06. The first-order chi connectivity index (χ1) is 11.4. The van der Waals surface area contributed by atoms with Gasteiger partial charge in [-0.2, -0.15) is 0 Å². The fourth-order valence-corrected chi connectivity index (χ4v) is 6.98. The lowest BCUT2D eigenvalue weighted by Crippen LogP contribution is -2.11. The molecule has 0 bridgehead atoms. The van der Waals surface area contributed by atoms with E-state index in [9.17, 15) is 0 Å². The first-order valence-corrected chi connectivity index (χ1v) is 9.80. The lowest BCUT2D eigenvalue weighted by atomic mass is 10.2. The molecule has 0 saturated heterocycles. The Balaban J connectivity index is 1.73. The molecule has 0 fully saturated rings. The van der Waals surface area contributed by atoms with Gasteiger partial charge in [0.1, 0.15) is 16.6 Å². The van der Waals surface area contributed by atoms with Crippen molar-refractivity contribution in [3.05, 3.63) is 72.3 Å². The van der Waals surface area contributed by atoms with Crippen LogP contribution in [0.3, 0.4) is 0 Å². The molecular weight excluding hydrogens is 320 g/mol. The Kier molecular flexibility index (Phi) is 3.17. The van der Waals surface area contributed by atoms with Crippen molar-refractivity contribution in [3.8, 4) is 5.75 Å². The quantitative estimate of drug-likeness (QED) is 0.443.